The number of nitrogens with one attached hydrogen (secondary N) is 1. The van der Waals surface area contributed by atoms with Gasteiger partial charge in [0.25, 0.3) is 0 Å². The van der Waals surface area contributed by atoms with Gasteiger partial charge in [-0.15, -0.1) is 13.2 Å². The number of hydrogen-bond donors (Lipinski definition) is 1. The second kappa shape index (κ2) is 6.53. The molecule has 1 fully saturated rings. The second-order valence-electron chi connectivity index (χ2n) is 7.35. The molecule has 0 amide bonds. The minimum absolute atomic E-state index is 0.0543. The first-order valence-electron chi connectivity index (χ1n) is 8.36. The van der Waals surface area contributed by atoms with E-state index in [-0.39, 0.29) is 22.3 Å². The molecule has 0 heterocycles. The Bertz CT molecular complexity index is 909. The number of hydrogen-bond acceptors (Lipinski definition) is 3. The van der Waals surface area contributed by atoms with Crippen LogP contribution in [0.5, 0.6) is 5.75 Å². The van der Waals surface area contributed by atoms with E-state index in [0.29, 0.717) is 0 Å². The smallest absolute Gasteiger partial charge is 0.406 e. The molecular formula is C19H20F3NO3S. The summed E-state index contributed by atoms with van der Waals surface area (Å²) >= 11 is 0. The predicted molar refractivity (Wildman–Crippen MR) is 94.8 cm³/mol. The quantitative estimate of drug-likeness (QED) is 0.791. The lowest BCUT2D eigenvalue weighted by Crippen LogP contribution is -2.34. The Balaban J connectivity index is 1.75. The van der Waals surface area contributed by atoms with Crippen LogP contribution in [0.4, 0.5) is 13.2 Å². The van der Waals surface area contributed by atoms with Gasteiger partial charge >= 0.3 is 6.36 Å². The van der Waals surface area contributed by atoms with E-state index >= 15 is 0 Å². The van der Waals surface area contributed by atoms with E-state index < -0.39 is 22.1 Å². The summed E-state index contributed by atoms with van der Waals surface area (Å²) in [5.41, 5.74) is 0.703. The molecule has 0 saturated heterocycles. The summed E-state index contributed by atoms with van der Waals surface area (Å²) in [6.45, 7) is 4.38. The number of rotatable bonds is 6. The van der Waals surface area contributed by atoms with Gasteiger partial charge in [-0.3, -0.25) is 0 Å². The largest absolute Gasteiger partial charge is 0.573 e. The molecule has 0 aromatic heterocycles. The Morgan fingerprint density at radius 2 is 1.59 bits per heavy atom. The first-order valence-corrected chi connectivity index (χ1v) is 9.85. The highest BCUT2D eigenvalue weighted by atomic mass is 32.2. The molecule has 0 aliphatic heterocycles. The molecule has 0 unspecified atom stereocenters. The Kier molecular flexibility index (Phi) is 4.76. The normalized spacial score (nSPS) is 21.7. The van der Waals surface area contributed by atoms with Crippen LogP contribution in [0.3, 0.4) is 0 Å². The highest BCUT2D eigenvalue weighted by Gasteiger charge is 2.61. The fourth-order valence-electron chi connectivity index (χ4n) is 3.49. The van der Waals surface area contributed by atoms with Crippen molar-refractivity contribution in [2.45, 2.75) is 36.9 Å². The van der Waals surface area contributed by atoms with Gasteiger partial charge in [0.15, 0.2) is 0 Å². The molecule has 27 heavy (non-hydrogen) atoms. The molecule has 0 bridgehead atoms. The van der Waals surface area contributed by atoms with E-state index in [0.717, 1.165) is 36.2 Å². The molecule has 1 aliphatic rings. The van der Waals surface area contributed by atoms with E-state index in [1.165, 1.54) is 0 Å². The summed E-state index contributed by atoms with van der Waals surface area (Å²) in [6.07, 6.45) is -3.98. The average molecular weight is 399 g/mol. The van der Waals surface area contributed by atoms with Gasteiger partial charge in [0.05, 0.1) is 4.90 Å². The second-order valence-corrected chi connectivity index (χ2v) is 9.12. The summed E-state index contributed by atoms with van der Waals surface area (Å²) in [5.74, 6) is -0.467. The Morgan fingerprint density at radius 3 is 2.07 bits per heavy atom. The number of sulfonamides is 1. The molecule has 0 radical (unpaired) electrons. The molecule has 2 aromatic rings. The van der Waals surface area contributed by atoms with Crippen LogP contribution in [0.15, 0.2) is 59.5 Å². The lowest BCUT2D eigenvalue weighted by molar-refractivity contribution is -0.274. The lowest BCUT2D eigenvalue weighted by Gasteiger charge is -2.22. The minimum atomic E-state index is -4.82. The van der Waals surface area contributed by atoms with Crippen molar-refractivity contribution >= 4 is 10.0 Å². The van der Waals surface area contributed by atoms with Crippen LogP contribution in [-0.2, 0) is 15.4 Å². The molecule has 1 atom stereocenters. The third-order valence-corrected chi connectivity index (χ3v) is 6.59. The van der Waals surface area contributed by atoms with Gasteiger partial charge in [0, 0.05) is 12.0 Å². The van der Waals surface area contributed by atoms with Gasteiger partial charge in [0.1, 0.15) is 5.75 Å². The molecule has 2 aromatic carbocycles. The summed E-state index contributed by atoms with van der Waals surface area (Å²) in [6, 6.07) is 13.8. The molecule has 3 rings (SSSR count). The molecule has 146 valence electrons. The van der Waals surface area contributed by atoms with Gasteiger partial charge < -0.3 is 4.74 Å². The standard InChI is InChI=1S/C19H20F3NO3S/c1-17(2)12-18(17,14-6-4-3-5-7-14)13-23-27(24,25)16-10-8-15(9-11-16)26-19(20,21)22/h3-11,23H,12-13H2,1-2H3/t18-/m1/s1. The fourth-order valence-corrected chi connectivity index (χ4v) is 4.58. The number of ether oxygens (including phenoxy) is 1. The van der Waals surface area contributed by atoms with Crippen molar-refractivity contribution in [2.75, 3.05) is 6.54 Å². The SMILES string of the molecule is CC1(C)C[C@@]1(CNS(=O)(=O)c1ccc(OC(F)(F)F)cc1)c1ccccc1. The van der Waals surface area contributed by atoms with E-state index in [1.807, 2.05) is 30.3 Å². The summed E-state index contributed by atoms with van der Waals surface area (Å²) < 4.78 is 68.2. The minimum Gasteiger partial charge on any atom is -0.406 e. The Labute approximate surface area is 156 Å². The van der Waals surface area contributed by atoms with Crippen LogP contribution in [0.2, 0.25) is 0 Å². The molecule has 1 aliphatic carbocycles. The number of alkyl halides is 3. The van der Waals surface area contributed by atoms with Gasteiger partial charge in [-0.1, -0.05) is 44.2 Å². The summed E-state index contributed by atoms with van der Waals surface area (Å²) in [5, 5.41) is 0. The van der Waals surface area contributed by atoms with E-state index in [1.54, 1.807) is 0 Å². The van der Waals surface area contributed by atoms with Crippen molar-refractivity contribution < 1.29 is 26.3 Å². The van der Waals surface area contributed by atoms with Crippen molar-refractivity contribution in [3.8, 4) is 5.75 Å². The Hall–Kier alpha value is -2.06. The van der Waals surface area contributed by atoms with Gasteiger partial charge in [-0.2, -0.15) is 0 Å². The van der Waals surface area contributed by atoms with Gasteiger partial charge in [0.2, 0.25) is 10.0 Å². The predicted octanol–water partition coefficient (Wildman–Crippen LogP) is 4.23. The van der Waals surface area contributed by atoms with Crippen molar-refractivity contribution in [3.63, 3.8) is 0 Å². The highest BCUT2D eigenvalue weighted by Crippen LogP contribution is 2.63. The first kappa shape index (κ1) is 19.7. The fraction of sp³-hybridized carbons (Fsp3) is 0.368. The number of benzene rings is 2. The number of halogens is 3. The molecule has 8 heteroatoms. The maximum Gasteiger partial charge on any atom is 0.573 e. The maximum absolute atomic E-state index is 12.6. The van der Waals surface area contributed by atoms with Crippen molar-refractivity contribution in [2.24, 2.45) is 5.41 Å². The van der Waals surface area contributed by atoms with Crippen LogP contribution in [-0.4, -0.2) is 21.3 Å². The van der Waals surface area contributed by atoms with Crippen molar-refractivity contribution in [3.05, 3.63) is 60.2 Å². The zero-order valence-electron chi connectivity index (χ0n) is 14.9. The van der Waals surface area contributed by atoms with Crippen molar-refractivity contribution in [1.29, 1.82) is 0 Å². The highest BCUT2D eigenvalue weighted by molar-refractivity contribution is 7.89. The molecule has 1 N–H and O–H groups in total. The monoisotopic (exact) mass is 399 g/mol. The third-order valence-electron chi connectivity index (χ3n) is 5.17. The Morgan fingerprint density at radius 1 is 1.04 bits per heavy atom. The van der Waals surface area contributed by atoms with Crippen LogP contribution >= 0.6 is 0 Å². The average Bonchev–Trinajstić information content (AvgIpc) is 3.16. The van der Waals surface area contributed by atoms with E-state index in [9.17, 15) is 21.6 Å². The first-order chi connectivity index (χ1) is 12.5. The van der Waals surface area contributed by atoms with Crippen LogP contribution < -0.4 is 9.46 Å². The van der Waals surface area contributed by atoms with Crippen molar-refractivity contribution in [1.82, 2.24) is 4.72 Å². The zero-order chi connectivity index (χ0) is 19.9. The summed E-state index contributed by atoms with van der Waals surface area (Å²) in [4.78, 5) is -0.112. The van der Waals surface area contributed by atoms with E-state index in [2.05, 4.69) is 23.3 Å². The van der Waals surface area contributed by atoms with Crippen LogP contribution in [0, 0.1) is 5.41 Å². The summed E-state index contributed by atoms with van der Waals surface area (Å²) in [7, 11) is -3.86. The van der Waals surface area contributed by atoms with Crippen LogP contribution in [0.1, 0.15) is 25.8 Å². The molecule has 4 nitrogen and oxygen atoms in total. The maximum atomic E-state index is 12.6. The molecule has 1 saturated carbocycles. The van der Waals surface area contributed by atoms with Gasteiger partial charge in [-0.05, 0) is 41.7 Å². The van der Waals surface area contributed by atoms with E-state index in [4.69, 9.17) is 0 Å². The van der Waals surface area contributed by atoms with Gasteiger partial charge in [-0.25, -0.2) is 13.1 Å². The lowest BCUT2D eigenvalue weighted by atomic mass is 9.88. The molecular weight excluding hydrogens is 379 g/mol. The zero-order valence-corrected chi connectivity index (χ0v) is 15.7. The van der Waals surface area contributed by atoms with Crippen LogP contribution in [0.25, 0.3) is 0 Å². The third kappa shape index (κ3) is 4.11. The topological polar surface area (TPSA) is 55.4 Å². The molecule has 0 spiro atoms.